The lowest BCUT2D eigenvalue weighted by molar-refractivity contribution is -0.116. The Balaban J connectivity index is 2.03. The fourth-order valence-corrected chi connectivity index (χ4v) is 3.15. The van der Waals surface area contributed by atoms with Gasteiger partial charge in [0, 0.05) is 44.4 Å². The van der Waals surface area contributed by atoms with Gasteiger partial charge in [-0.3, -0.25) is 9.80 Å². The van der Waals surface area contributed by atoms with Crippen LogP contribution in [0.1, 0.15) is 26.7 Å². The molecule has 0 unspecified atom stereocenters. The highest BCUT2D eigenvalue weighted by Crippen LogP contribution is 2.40. The monoisotopic (exact) mass is 241 g/mol. The molecule has 17 heavy (non-hydrogen) atoms. The van der Waals surface area contributed by atoms with Crippen molar-refractivity contribution in [1.29, 1.82) is 0 Å². The summed E-state index contributed by atoms with van der Waals surface area (Å²) in [5, 5.41) is 0. The van der Waals surface area contributed by atoms with E-state index in [1.807, 2.05) is 0 Å². The van der Waals surface area contributed by atoms with E-state index in [1.54, 1.807) is 7.11 Å². The van der Waals surface area contributed by atoms with Crippen LogP contribution in [0.5, 0.6) is 0 Å². The predicted molar refractivity (Wildman–Crippen MR) is 70.1 cm³/mol. The van der Waals surface area contributed by atoms with E-state index in [2.05, 4.69) is 30.7 Å². The molecule has 100 valence electrons. The van der Waals surface area contributed by atoms with Gasteiger partial charge in [-0.1, -0.05) is 0 Å². The molecule has 4 nitrogen and oxygen atoms in total. The number of methoxy groups -OCH3 is 1. The molecule has 1 saturated heterocycles. The summed E-state index contributed by atoms with van der Waals surface area (Å²) in [7, 11) is 4.02. The van der Waals surface area contributed by atoms with Crippen molar-refractivity contribution in [2.24, 2.45) is 5.73 Å². The molecular weight excluding hydrogens is 214 g/mol. The third-order valence-corrected chi connectivity index (χ3v) is 4.92. The molecule has 2 fully saturated rings. The number of nitrogens with zero attached hydrogens (tertiary/aromatic N) is 2. The van der Waals surface area contributed by atoms with Gasteiger partial charge in [0.1, 0.15) is 0 Å². The van der Waals surface area contributed by atoms with Crippen molar-refractivity contribution in [3.63, 3.8) is 0 Å². The van der Waals surface area contributed by atoms with Crippen LogP contribution in [0.4, 0.5) is 0 Å². The standard InChI is InChI=1S/C13H27N3O/c1-12(2)10-16(6-5-15(12)3)13(9-14)7-11(8-13)17-4/h11H,5-10,14H2,1-4H3. The molecule has 1 aliphatic carbocycles. The van der Waals surface area contributed by atoms with E-state index < -0.39 is 0 Å². The van der Waals surface area contributed by atoms with Gasteiger partial charge in [-0.15, -0.1) is 0 Å². The Morgan fingerprint density at radius 1 is 1.29 bits per heavy atom. The maximum absolute atomic E-state index is 6.03. The molecule has 0 aromatic heterocycles. The molecule has 0 radical (unpaired) electrons. The summed E-state index contributed by atoms with van der Waals surface area (Å²) in [6.45, 7) is 8.76. The molecule has 0 amide bonds. The molecule has 0 aromatic rings. The second-order valence-corrected chi connectivity index (χ2v) is 6.35. The molecule has 0 spiro atoms. The third-order valence-electron chi connectivity index (χ3n) is 4.92. The third kappa shape index (κ3) is 2.24. The lowest BCUT2D eigenvalue weighted by Gasteiger charge is -2.58. The van der Waals surface area contributed by atoms with Crippen molar-refractivity contribution in [3.8, 4) is 0 Å². The number of hydrogen-bond acceptors (Lipinski definition) is 4. The van der Waals surface area contributed by atoms with E-state index in [1.165, 1.54) is 0 Å². The van der Waals surface area contributed by atoms with Gasteiger partial charge in [0.2, 0.25) is 0 Å². The predicted octanol–water partition coefficient (Wildman–Crippen LogP) is 0.519. The van der Waals surface area contributed by atoms with Gasteiger partial charge >= 0.3 is 0 Å². The zero-order valence-corrected chi connectivity index (χ0v) is 11.7. The van der Waals surface area contributed by atoms with Crippen molar-refractivity contribution < 1.29 is 4.74 Å². The van der Waals surface area contributed by atoms with Gasteiger partial charge in [0.15, 0.2) is 0 Å². The summed E-state index contributed by atoms with van der Waals surface area (Å²) in [6.07, 6.45) is 2.61. The fraction of sp³-hybridized carbons (Fsp3) is 1.00. The molecule has 0 bridgehead atoms. The van der Waals surface area contributed by atoms with Crippen LogP contribution in [0.25, 0.3) is 0 Å². The average molecular weight is 241 g/mol. The second kappa shape index (κ2) is 4.50. The van der Waals surface area contributed by atoms with Crippen LogP contribution in [-0.2, 0) is 4.74 Å². The van der Waals surface area contributed by atoms with Crippen molar-refractivity contribution in [2.75, 3.05) is 40.3 Å². The number of piperazine rings is 1. The average Bonchev–Trinajstić information content (AvgIpc) is 2.22. The Morgan fingerprint density at radius 3 is 2.41 bits per heavy atom. The number of rotatable bonds is 3. The quantitative estimate of drug-likeness (QED) is 0.782. The fourth-order valence-electron chi connectivity index (χ4n) is 3.15. The van der Waals surface area contributed by atoms with Crippen LogP contribution in [0.15, 0.2) is 0 Å². The van der Waals surface area contributed by atoms with Gasteiger partial charge in [-0.05, 0) is 33.7 Å². The lowest BCUT2D eigenvalue weighted by Crippen LogP contribution is -2.70. The summed E-state index contributed by atoms with van der Waals surface area (Å²) >= 11 is 0. The number of nitrogens with two attached hydrogens (primary N) is 1. The number of ether oxygens (including phenoxy) is 1. The summed E-state index contributed by atoms with van der Waals surface area (Å²) in [4.78, 5) is 5.04. The minimum atomic E-state index is 0.208. The largest absolute Gasteiger partial charge is 0.381 e. The zero-order chi connectivity index (χ0) is 12.7. The Hall–Kier alpha value is -0.160. The van der Waals surface area contributed by atoms with E-state index in [9.17, 15) is 0 Å². The zero-order valence-electron chi connectivity index (χ0n) is 11.7. The van der Waals surface area contributed by atoms with Crippen LogP contribution in [0.3, 0.4) is 0 Å². The van der Waals surface area contributed by atoms with Gasteiger partial charge in [-0.2, -0.15) is 0 Å². The molecule has 2 aliphatic rings. The van der Waals surface area contributed by atoms with Crippen LogP contribution in [0, 0.1) is 0 Å². The number of hydrogen-bond donors (Lipinski definition) is 1. The molecule has 2 N–H and O–H groups in total. The van der Waals surface area contributed by atoms with Crippen molar-refractivity contribution in [3.05, 3.63) is 0 Å². The molecule has 2 rings (SSSR count). The van der Waals surface area contributed by atoms with Crippen LogP contribution < -0.4 is 5.73 Å². The SMILES string of the molecule is COC1CC(CN)(N2CCN(C)C(C)(C)C2)C1. The van der Waals surface area contributed by atoms with Gasteiger partial charge in [0.25, 0.3) is 0 Å². The maximum Gasteiger partial charge on any atom is 0.0607 e. The Kier molecular flexibility index (Phi) is 3.51. The minimum absolute atomic E-state index is 0.208. The molecule has 1 aliphatic heterocycles. The first-order valence-corrected chi connectivity index (χ1v) is 6.63. The van der Waals surface area contributed by atoms with E-state index >= 15 is 0 Å². The highest BCUT2D eigenvalue weighted by Gasteiger charge is 2.50. The van der Waals surface area contributed by atoms with Crippen molar-refractivity contribution >= 4 is 0 Å². The molecule has 4 heteroatoms. The molecule has 1 saturated carbocycles. The van der Waals surface area contributed by atoms with E-state index in [-0.39, 0.29) is 11.1 Å². The van der Waals surface area contributed by atoms with E-state index in [4.69, 9.17) is 10.5 Å². The number of likely N-dealkylation sites (N-methyl/N-ethyl adjacent to an activating group) is 1. The normalized spacial score (nSPS) is 39.0. The first-order valence-electron chi connectivity index (χ1n) is 6.63. The van der Waals surface area contributed by atoms with Crippen LogP contribution >= 0.6 is 0 Å². The van der Waals surface area contributed by atoms with Gasteiger partial charge in [-0.25, -0.2) is 0 Å². The minimum Gasteiger partial charge on any atom is -0.381 e. The summed E-state index contributed by atoms with van der Waals surface area (Å²) < 4.78 is 5.41. The summed E-state index contributed by atoms with van der Waals surface area (Å²) in [5.41, 5.74) is 6.49. The topological polar surface area (TPSA) is 41.7 Å². The van der Waals surface area contributed by atoms with Crippen molar-refractivity contribution in [1.82, 2.24) is 9.80 Å². The molecule has 0 atom stereocenters. The van der Waals surface area contributed by atoms with Crippen LogP contribution in [-0.4, -0.2) is 67.3 Å². The molecule has 1 heterocycles. The lowest BCUT2D eigenvalue weighted by atomic mass is 9.71. The van der Waals surface area contributed by atoms with E-state index in [0.717, 1.165) is 39.0 Å². The molecule has 0 aromatic carbocycles. The summed E-state index contributed by atoms with van der Waals surface area (Å²) in [5.74, 6) is 0. The van der Waals surface area contributed by atoms with Crippen LogP contribution in [0.2, 0.25) is 0 Å². The molecular formula is C13H27N3O. The second-order valence-electron chi connectivity index (χ2n) is 6.35. The first kappa shape index (κ1) is 13.3. The highest BCUT2D eigenvalue weighted by molar-refractivity contribution is 5.07. The van der Waals surface area contributed by atoms with Crippen molar-refractivity contribution in [2.45, 2.75) is 43.9 Å². The van der Waals surface area contributed by atoms with E-state index in [0.29, 0.717) is 6.10 Å². The van der Waals surface area contributed by atoms with Gasteiger partial charge in [0.05, 0.1) is 6.10 Å². The first-order chi connectivity index (χ1) is 7.93. The Labute approximate surface area is 105 Å². The Bertz CT molecular complexity index is 274. The smallest absolute Gasteiger partial charge is 0.0607 e. The van der Waals surface area contributed by atoms with Gasteiger partial charge < -0.3 is 10.5 Å². The highest BCUT2D eigenvalue weighted by atomic mass is 16.5. The Morgan fingerprint density at radius 2 is 1.94 bits per heavy atom. The summed E-state index contributed by atoms with van der Waals surface area (Å²) in [6, 6.07) is 0. The maximum atomic E-state index is 6.03.